The second-order valence-corrected chi connectivity index (χ2v) is 21.9. The molecule has 78 heavy (non-hydrogen) atoms. The number of hydrogen-bond donors (Lipinski definition) is 0. The first-order valence-corrected chi connectivity index (χ1v) is 28.7. The summed E-state index contributed by atoms with van der Waals surface area (Å²) in [5, 5.41) is 0. The summed E-state index contributed by atoms with van der Waals surface area (Å²) in [6, 6.07) is 83.9. The monoisotopic (exact) mass is 1050 g/mol. The minimum atomic E-state index is -0.158. The molecule has 2 aliphatic heterocycles. The lowest BCUT2D eigenvalue weighted by Crippen LogP contribution is -2.27. The van der Waals surface area contributed by atoms with Crippen molar-refractivity contribution in [3.8, 4) is 20.9 Å². The van der Waals surface area contributed by atoms with E-state index in [9.17, 15) is 0 Å². The summed E-state index contributed by atoms with van der Waals surface area (Å²) in [5.74, 6) is -0.315. The highest BCUT2D eigenvalue weighted by Crippen LogP contribution is 2.53. The lowest BCUT2D eigenvalue weighted by atomic mass is 10.1. The summed E-state index contributed by atoms with van der Waals surface area (Å²) in [4.78, 5) is 43.3. The molecule has 0 saturated carbocycles. The number of amides is 2. The Kier molecular flexibility index (Phi) is 14.4. The molecule has 0 fully saturated rings. The van der Waals surface area contributed by atoms with Crippen molar-refractivity contribution in [3.63, 3.8) is 0 Å². The summed E-state index contributed by atoms with van der Waals surface area (Å²) in [6.07, 6.45) is 6.26. The van der Waals surface area contributed by atoms with E-state index in [1.54, 1.807) is 22.7 Å². The highest BCUT2D eigenvalue weighted by molar-refractivity contribution is 7.17. The molecule has 0 radical (unpaired) electrons. The third-order valence-corrected chi connectivity index (χ3v) is 16.9. The second kappa shape index (κ2) is 22.4. The van der Waals surface area contributed by atoms with Crippen LogP contribution in [0.25, 0.3) is 32.0 Å². The topological polar surface area (TPSA) is 47.1 Å². The van der Waals surface area contributed by atoms with E-state index in [2.05, 4.69) is 242 Å². The molecule has 0 aliphatic carbocycles. The maximum atomic E-state index is 15.8. The van der Waals surface area contributed by atoms with E-state index in [0.717, 1.165) is 115 Å². The van der Waals surface area contributed by atoms with Gasteiger partial charge in [0.1, 0.15) is 0 Å². The highest BCUT2D eigenvalue weighted by atomic mass is 32.1. The van der Waals surface area contributed by atoms with Gasteiger partial charge in [-0.05, 0) is 169 Å². The van der Waals surface area contributed by atoms with Gasteiger partial charge in [-0.1, -0.05) is 148 Å². The summed E-state index contributed by atoms with van der Waals surface area (Å²) >= 11 is 3.16. The van der Waals surface area contributed by atoms with Gasteiger partial charge in [0.15, 0.2) is 0 Å². The predicted molar refractivity (Wildman–Crippen MR) is 328 cm³/mol. The van der Waals surface area contributed by atoms with Gasteiger partial charge in [0, 0.05) is 65.0 Å². The number of rotatable bonds is 18. The van der Waals surface area contributed by atoms with Gasteiger partial charge in [-0.3, -0.25) is 19.4 Å². The summed E-state index contributed by atoms with van der Waals surface area (Å²) in [7, 11) is 0. The highest BCUT2D eigenvalue weighted by Gasteiger charge is 2.50. The Morgan fingerprint density at radius 3 is 0.936 bits per heavy atom. The van der Waals surface area contributed by atoms with E-state index in [-0.39, 0.29) is 11.8 Å². The van der Waals surface area contributed by atoms with Gasteiger partial charge in [-0.2, -0.15) is 0 Å². The zero-order valence-corrected chi connectivity index (χ0v) is 45.4. The van der Waals surface area contributed by atoms with Gasteiger partial charge in [-0.15, -0.1) is 22.7 Å². The molecule has 10 aromatic rings. The van der Waals surface area contributed by atoms with E-state index in [1.807, 2.05) is 34.1 Å². The largest absolute Gasteiger partial charge is 0.311 e. The van der Waals surface area contributed by atoms with Crippen molar-refractivity contribution in [2.24, 2.45) is 0 Å². The summed E-state index contributed by atoms with van der Waals surface area (Å²) in [6.45, 7) is 4.41. The van der Waals surface area contributed by atoms with E-state index in [0.29, 0.717) is 22.5 Å². The fourth-order valence-electron chi connectivity index (χ4n) is 10.6. The van der Waals surface area contributed by atoms with Gasteiger partial charge in [0.25, 0.3) is 11.8 Å². The third kappa shape index (κ3) is 9.81. The quantitative estimate of drug-likeness (QED) is 0.0859. The molecule has 4 heterocycles. The number of para-hydroxylation sites is 4. The van der Waals surface area contributed by atoms with Crippen LogP contribution in [-0.2, 0) is 22.4 Å². The zero-order chi connectivity index (χ0) is 53.0. The molecule has 0 unspecified atom stereocenters. The van der Waals surface area contributed by atoms with E-state index >= 15 is 9.59 Å². The molecule has 0 spiro atoms. The molecule has 0 saturated heterocycles. The smallest absolute Gasteiger partial charge is 0.266 e. The Morgan fingerprint density at radius 1 is 0.333 bits per heavy atom. The first kappa shape index (κ1) is 50.0. The van der Waals surface area contributed by atoms with Crippen LogP contribution in [0.4, 0.5) is 45.5 Å². The number of unbranched alkanes of at least 4 members (excludes halogenated alkanes) is 2. The van der Waals surface area contributed by atoms with Crippen molar-refractivity contribution in [2.45, 2.75) is 52.4 Å². The number of anilines is 8. The number of thiophene rings is 2. The fourth-order valence-corrected chi connectivity index (χ4v) is 12.7. The minimum absolute atomic E-state index is 0.158. The maximum absolute atomic E-state index is 15.8. The van der Waals surface area contributed by atoms with Gasteiger partial charge < -0.3 is 9.80 Å². The molecule has 8 aromatic carbocycles. The number of benzene rings is 8. The predicted octanol–water partition coefficient (Wildman–Crippen LogP) is 19.0. The molecular formula is C70H58N4O2S2. The number of fused-ring (bicyclic) bond motifs is 1. The SMILES string of the molecule is CCCCc1ccc(N2C(=O)C(c3ccc(-c4ccc(N(c5ccccc5)c5ccccc5)cc4)s3)=C3C2=C(c2ccc(-c4ccc(N(c5ccccc5)c5ccccc5)cc4)s2)C(=O)N3c2ccc(CCCC)cc2)cc1. The first-order valence-electron chi connectivity index (χ1n) is 27.0. The number of carbonyl (C=O) groups is 2. The second-order valence-electron chi connectivity index (χ2n) is 19.7. The van der Waals surface area contributed by atoms with Crippen molar-refractivity contribution in [2.75, 3.05) is 19.6 Å². The van der Waals surface area contributed by atoms with Gasteiger partial charge in [0.05, 0.1) is 22.5 Å². The Labute approximate surface area is 465 Å². The molecule has 382 valence electrons. The van der Waals surface area contributed by atoms with Crippen LogP contribution in [0.2, 0.25) is 0 Å². The van der Waals surface area contributed by atoms with Crippen LogP contribution >= 0.6 is 22.7 Å². The van der Waals surface area contributed by atoms with Crippen LogP contribution < -0.4 is 19.6 Å². The van der Waals surface area contributed by atoms with Crippen molar-refractivity contribution in [1.29, 1.82) is 0 Å². The van der Waals surface area contributed by atoms with Gasteiger partial charge >= 0.3 is 0 Å². The average Bonchev–Trinajstić information content (AvgIpc) is 4.50. The molecular weight excluding hydrogens is 993 g/mol. The standard InChI is InChI=1S/C70H58N4O2S2/c1-3-5-19-49-29-37-59(38-30-49)73-67-65(63-47-45-61(77-63)51-33-41-57(42-34-51)71(53-21-11-7-12-22-53)54-23-13-8-14-24-54)70(76)74(60-39-31-50(32-40-60)20-6-4-2)68(67)66(69(73)75)64-48-46-62(78-64)52-35-43-58(44-36-52)72(55-25-15-9-16-26-55)56-27-17-10-18-28-56/h7-18,21-48H,3-6,19-20H2,1-2H3. The first-order chi connectivity index (χ1) is 38.4. The molecule has 12 rings (SSSR count). The van der Waals surface area contributed by atoms with Crippen LogP contribution in [0.3, 0.4) is 0 Å². The Balaban J connectivity index is 0.966. The van der Waals surface area contributed by atoms with E-state index in [4.69, 9.17) is 0 Å². The molecule has 0 bridgehead atoms. The van der Waals surface area contributed by atoms with Gasteiger partial charge in [-0.25, -0.2) is 0 Å². The Hall–Kier alpha value is -8.82. The summed E-state index contributed by atoms with van der Waals surface area (Å²) in [5.41, 5.74) is 14.6. The molecule has 2 aromatic heterocycles. The van der Waals surface area contributed by atoms with Crippen LogP contribution in [0.15, 0.2) is 254 Å². The van der Waals surface area contributed by atoms with Crippen molar-refractivity contribution in [3.05, 3.63) is 275 Å². The van der Waals surface area contributed by atoms with Crippen LogP contribution in [0.1, 0.15) is 60.4 Å². The van der Waals surface area contributed by atoms with E-state index < -0.39 is 0 Å². The lowest BCUT2D eigenvalue weighted by Gasteiger charge is -2.25. The fraction of sp³-hybridized carbons (Fsp3) is 0.114. The normalized spacial score (nSPS) is 13.2. The van der Waals surface area contributed by atoms with Crippen LogP contribution in [-0.4, -0.2) is 11.8 Å². The minimum Gasteiger partial charge on any atom is -0.311 e. The number of hydrogen-bond acceptors (Lipinski definition) is 6. The lowest BCUT2D eigenvalue weighted by molar-refractivity contribution is -0.112. The van der Waals surface area contributed by atoms with Gasteiger partial charge in [0.2, 0.25) is 0 Å². The summed E-state index contributed by atoms with van der Waals surface area (Å²) < 4.78 is 0. The van der Waals surface area contributed by atoms with Crippen LogP contribution in [0.5, 0.6) is 0 Å². The molecule has 0 atom stereocenters. The Bertz CT molecular complexity index is 3440. The van der Waals surface area contributed by atoms with Crippen molar-refractivity contribution < 1.29 is 9.59 Å². The molecule has 2 aliphatic rings. The van der Waals surface area contributed by atoms with Crippen molar-refractivity contribution in [1.82, 2.24) is 0 Å². The number of carbonyl (C=O) groups excluding carboxylic acids is 2. The zero-order valence-electron chi connectivity index (χ0n) is 43.8. The number of aryl methyl sites for hydroxylation is 2. The number of nitrogens with zero attached hydrogens (tertiary/aromatic N) is 4. The molecule has 0 N–H and O–H groups in total. The average molecular weight is 1050 g/mol. The maximum Gasteiger partial charge on any atom is 0.266 e. The van der Waals surface area contributed by atoms with Crippen molar-refractivity contribution >= 4 is 91.1 Å². The van der Waals surface area contributed by atoms with E-state index in [1.165, 1.54) is 11.1 Å². The molecule has 2 amide bonds. The Morgan fingerprint density at radius 2 is 0.628 bits per heavy atom. The van der Waals surface area contributed by atoms with Crippen LogP contribution in [0, 0.1) is 0 Å². The molecule has 8 heteroatoms. The molecule has 6 nitrogen and oxygen atoms in total. The third-order valence-electron chi connectivity index (χ3n) is 14.6.